The monoisotopic (exact) mass is 364 g/mol. The van der Waals surface area contributed by atoms with E-state index in [9.17, 15) is 4.79 Å². The molecule has 0 aromatic heterocycles. The summed E-state index contributed by atoms with van der Waals surface area (Å²) in [5.74, 6) is -1.08. The van der Waals surface area contributed by atoms with Crippen LogP contribution in [0.2, 0.25) is 0 Å². The van der Waals surface area contributed by atoms with Crippen molar-refractivity contribution in [1.29, 1.82) is 0 Å². The number of unbranched alkanes of at least 4 members (excludes halogenated alkanes) is 2. The molecule has 0 atom stereocenters. The molecular formula is C14H27O5Y. The standard InChI is InChI=1S/C10H19O3.C2H4O2.C2H5.Y/c1-3-5-7-12-10(9-11)13-8-6-4-2;1-2(3)4;1-2;/h10H,3-8H2,1-2H3;1H3,(H,3,4);1H2,2H3;/q-1;;-1;+3/p-1. The van der Waals surface area contributed by atoms with Gasteiger partial charge in [0.25, 0.3) is 0 Å². The summed E-state index contributed by atoms with van der Waals surface area (Å²) in [6.45, 7) is 11.3. The molecule has 0 fully saturated rings. The number of carboxylic acids is 1. The first-order chi connectivity index (χ1) is 9.08. The molecule has 0 rings (SSSR count). The Kier molecular flexibility index (Phi) is 39.0. The van der Waals surface area contributed by atoms with Crippen molar-refractivity contribution in [2.75, 3.05) is 13.2 Å². The van der Waals surface area contributed by atoms with E-state index >= 15 is 0 Å². The topological polar surface area (TPSA) is 75.7 Å². The number of carbonyl (C=O) groups is 1. The Morgan fingerprint density at radius 2 is 1.45 bits per heavy atom. The fourth-order valence-electron chi connectivity index (χ4n) is 0.786. The van der Waals surface area contributed by atoms with Crippen molar-refractivity contribution >= 4 is 12.3 Å². The Labute approximate surface area is 148 Å². The summed E-state index contributed by atoms with van der Waals surface area (Å²) in [7, 11) is 0. The molecular weight excluding hydrogens is 337 g/mol. The van der Waals surface area contributed by atoms with Gasteiger partial charge in [0.1, 0.15) is 0 Å². The molecule has 20 heavy (non-hydrogen) atoms. The largest absolute Gasteiger partial charge is 3.00 e. The number of carboxylic acid groups (broad SMARTS) is 1. The first kappa shape index (κ1) is 28.3. The van der Waals surface area contributed by atoms with Gasteiger partial charge in [0.05, 0.1) is 6.29 Å². The molecule has 0 aliphatic rings. The second-order valence-electron chi connectivity index (χ2n) is 3.39. The molecule has 0 radical (unpaired) electrons. The van der Waals surface area contributed by atoms with E-state index in [4.69, 9.17) is 19.4 Å². The predicted octanol–water partition coefficient (Wildman–Crippen LogP) is 1.65. The molecule has 0 saturated heterocycles. The molecule has 0 spiro atoms. The molecule has 0 aliphatic carbocycles. The van der Waals surface area contributed by atoms with Crippen molar-refractivity contribution in [2.45, 2.75) is 59.7 Å². The molecule has 0 N–H and O–H groups in total. The van der Waals surface area contributed by atoms with Crippen LogP contribution in [0.4, 0.5) is 0 Å². The summed E-state index contributed by atoms with van der Waals surface area (Å²) < 4.78 is 10.3. The summed E-state index contributed by atoms with van der Waals surface area (Å²) in [6, 6.07) is 0. The zero-order chi connectivity index (χ0) is 15.5. The van der Waals surface area contributed by atoms with Gasteiger partial charge in [-0.3, -0.25) is 0 Å². The van der Waals surface area contributed by atoms with Gasteiger partial charge in [0.2, 0.25) is 0 Å². The SMILES string of the molecule is CC(=O)[O-].CCCCOC([C-]=O)OCCCC.[CH2-]C.[Y+3]. The zero-order valence-electron chi connectivity index (χ0n) is 13.1. The molecule has 0 unspecified atom stereocenters. The average Bonchev–Trinajstić information content (AvgIpc) is 2.39. The van der Waals surface area contributed by atoms with Crippen molar-refractivity contribution in [1.82, 2.24) is 0 Å². The molecule has 5 nitrogen and oxygen atoms in total. The maximum absolute atomic E-state index is 10.3. The van der Waals surface area contributed by atoms with Crippen molar-refractivity contribution in [3.8, 4) is 0 Å². The molecule has 0 aromatic carbocycles. The van der Waals surface area contributed by atoms with Gasteiger partial charge in [0.15, 0.2) is 0 Å². The van der Waals surface area contributed by atoms with Gasteiger partial charge in [-0.05, 0) is 19.8 Å². The summed E-state index contributed by atoms with van der Waals surface area (Å²) in [5.41, 5.74) is 0. The number of aliphatic carboxylic acids is 1. The minimum absolute atomic E-state index is 0. The van der Waals surface area contributed by atoms with E-state index in [0.717, 1.165) is 32.6 Å². The van der Waals surface area contributed by atoms with Gasteiger partial charge in [-0.1, -0.05) is 26.7 Å². The summed E-state index contributed by atoms with van der Waals surface area (Å²) in [6.07, 6.45) is 4.97. The minimum atomic E-state index is -1.08. The second-order valence-corrected chi connectivity index (χ2v) is 3.39. The molecule has 0 aromatic rings. The fourth-order valence-corrected chi connectivity index (χ4v) is 0.786. The van der Waals surface area contributed by atoms with E-state index < -0.39 is 12.3 Å². The Morgan fingerprint density at radius 3 is 1.65 bits per heavy atom. The van der Waals surface area contributed by atoms with Gasteiger partial charge >= 0.3 is 32.7 Å². The molecule has 0 saturated carbocycles. The smallest absolute Gasteiger partial charge is 0.550 e. The normalized spacial score (nSPS) is 8.50. The molecule has 0 amide bonds. The van der Waals surface area contributed by atoms with Gasteiger partial charge in [-0.2, -0.15) is 6.92 Å². The van der Waals surface area contributed by atoms with Crippen LogP contribution in [0.25, 0.3) is 0 Å². The second kappa shape index (κ2) is 27.5. The van der Waals surface area contributed by atoms with Gasteiger partial charge < -0.3 is 31.1 Å². The van der Waals surface area contributed by atoms with E-state index in [0.29, 0.717) is 13.2 Å². The number of hydrogen-bond acceptors (Lipinski definition) is 5. The zero-order valence-corrected chi connectivity index (χ0v) is 16.0. The van der Waals surface area contributed by atoms with Crippen molar-refractivity contribution < 1.29 is 56.9 Å². The fraction of sp³-hybridized carbons (Fsp3) is 0.786. The van der Waals surface area contributed by atoms with E-state index in [-0.39, 0.29) is 32.7 Å². The maximum atomic E-state index is 10.3. The molecule has 6 heteroatoms. The van der Waals surface area contributed by atoms with Crippen LogP contribution in [0.3, 0.4) is 0 Å². The van der Waals surface area contributed by atoms with Gasteiger partial charge in [-0.15, -0.1) is 0 Å². The Balaban J connectivity index is -0.000000157. The number of ether oxygens (including phenoxy) is 2. The average molecular weight is 364 g/mol. The van der Waals surface area contributed by atoms with Crippen molar-refractivity contribution in [3.05, 3.63) is 6.92 Å². The van der Waals surface area contributed by atoms with Gasteiger partial charge in [-0.25, -0.2) is 6.29 Å². The van der Waals surface area contributed by atoms with E-state index in [2.05, 4.69) is 20.8 Å². The van der Waals surface area contributed by atoms with Crippen LogP contribution in [0.15, 0.2) is 0 Å². The quantitative estimate of drug-likeness (QED) is 0.353. The Bertz CT molecular complexity index is 174. The van der Waals surface area contributed by atoms with E-state index in [1.807, 2.05) is 0 Å². The Hall–Kier alpha value is 0.164. The van der Waals surface area contributed by atoms with Crippen LogP contribution >= 0.6 is 0 Å². The molecule has 116 valence electrons. The maximum Gasteiger partial charge on any atom is 3.00 e. The minimum Gasteiger partial charge on any atom is -0.550 e. The molecule has 0 bridgehead atoms. The van der Waals surface area contributed by atoms with E-state index in [1.165, 1.54) is 0 Å². The van der Waals surface area contributed by atoms with E-state index in [1.54, 1.807) is 13.2 Å². The third kappa shape index (κ3) is 36.2. The first-order valence-electron chi connectivity index (χ1n) is 6.57. The number of hydrogen-bond donors (Lipinski definition) is 0. The third-order valence-electron chi connectivity index (χ3n) is 1.63. The summed E-state index contributed by atoms with van der Waals surface area (Å²) in [5, 5.41) is 8.89. The predicted molar refractivity (Wildman–Crippen MR) is 72.9 cm³/mol. The van der Waals surface area contributed by atoms with Crippen LogP contribution in [0.5, 0.6) is 0 Å². The summed E-state index contributed by atoms with van der Waals surface area (Å²) >= 11 is 0. The number of carbonyl (C=O) groups excluding carboxylic acids is 2. The van der Waals surface area contributed by atoms with Crippen molar-refractivity contribution in [3.63, 3.8) is 0 Å². The van der Waals surface area contributed by atoms with Crippen LogP contribution in [-0.4, -0.2) is 31.8 Å². The molecule has 0 heterocycles. The van der Waals surface area contributed by atoms with Crippen LogP contribution in [0.1, 0.15) is 53.4 Å². The molecule has 0 aliphatic heterocycles. The number of rotatable bonds is 9. The van der Waals surface area contributed by atoms with Gasteiger partial charge in [0, 0.05) is 19.2 Å². The van der Waals surface area contributed by atoms with Crippen molar-refractivity contribution in [2.24, 2.45) is 0 Å². The third-order valence-corrected chi connectivity index (χ3v) is 1.63. The van der Waals surface area contributed by atoms with Crippen LogP contribution < -0.4 is 5.11 Å². The first-order valence-corrected chi connectivity index (χ1v) is 6.57. The van der Waals surface area contributed by atoms with Crippen LogP contribution in [0, 0.1) is 6.92 Å². The van der Waals surface area contributed by atoms with Crippen LogP contribution in [-0.2, 0) is 51.8 Å². The summed E-state index contributed by atoms with van der Waals surface area (Å²) in [4.78, 5) is 19.2. The Morgan fingerprint density at radius 1 is 1.15 bits per heavy atom.